The van der Waals surface area contributed by atoms with E-state index in [1.807, 2.05) is 55.4 Å². The predicted octanol–water partition coefficient (Wildman–Crippen LogP) is 10.0. The van der Waals surface area contributed by atoms with Gasteiger partial charge in [-0.2, -0.15) is 0 Å². The quantitative estimate of drug-likeness (QED) is 0.00673. The van der Waals surface area contributed by atoms with Crippen molar-refractivity contribution in [1.29, 1.82) is 0 Å². The number of rotatable bonds is 89. The van der Waals surface area contributed by atoms with Gasteiger partial charge in [0.05, 0.1) is 106 Å². The van der Waals surface area contributed by atoms with Gasteiger partial charge in [-0.15, -0.1) is 0 Å². The molecule has 41 nitrogen and oxygen atoms in total. The monoisotopic (exact) mass is 2040 g/mol. The van der Waals surface area contributed by atoms with Crippen molar-refractivity contribution in [1.82, 2.24) is 16.0 Å². The third-order valence-corrected chi connectivity index (χ3v) is 19.9. The number of ether oxygens (including phenoxy) is 21. The first-order valence-electron chi connectivity index (χ1n) is 50.5. The Morgan fingerprint density at radius 1 is 0.307 bits per heavy atom. The number of methoxy groups -OCH3 is 11. The minimum atomic E-state index is -0.668. The lowest BCUT2D eigenvalue weighted by molar-refractivity contribution is -0.379. The summed E-state index contributed by atoms with van der Waals surface area (Å²) in [5.41, 5.74) is -0.0163. The van der Waals surface area contributed by atoms with E-state index in [-0.39, 0.29) is 139 Å². The van der Waals surface area contributed by atoms with Crippen molar-refractivity contribution < 1.29 is 184 Å². The molecule has 0 aromatic carbocycles. The maximum atomic E-state index is 12.0. The number of amides is 3. The molecule has 0 saturated carbocycles. The molecule has 0 aliphatic carbocycles. The summed E-state index contributed by atoms with van der Waals surface area (Å²) >= 11 is 0. The summed E-state index contributed by atoms with van der Waals surface area (Å²) in [4.78, 5) is 90.0. The average molecular weight is 2050 g/mol. The van der Waals surface area contributed by atoms with Crippen LogP contribution < -0.4 is 16.0 Å². The Balaban J connectivity index is -0.000000204. The molecule has 8 atom stereocenters. The summed E-state index contributed by atoms with van der Waals surface area (Å²) in [6.45, 7) is 30.4. The van der Waals surface area contributed by atoms with Crippen molar-refractivity contribution in [3.8, 4) is 0 Å². The number of unbranched alkanes of at least 4 members (excludes halogenated alkanes) is 2. The molecule has 0 bridgehead atoms. The summed E-state index contributed by atoms with van der Waals surface area (Å²) in [6.07, 6.45) is 20.6. The molecule has 0 aliphatic heterocycles. The number of esters is 2. The molecular formula is C99H205N3O38. The van der Waals surface area contributed by atoms with Crippen molar-refractivity contribution in [2.24, 2.45) is 17.3 Å². The number of carbonyl (C=O) groups is 7. The maximum absolute atomic E-state index is 12.0. The first-order valence-corrected chi connectivity index (χ1v) is 50.5. The van der Waals surface area contributed by atoms with Gasteiger partial charge in [0.15, 0.2) is 5.78 Å². The van der Waals surface area contributed by atoms with Gasteiger partial charge in [-0.25, -0.2) is 19.4 Å². The van der Waals surface area contributed by atoms with Gasteiger partial charge in [0.2, 0.25) is 12.2 Å². The largest absolute Gasteiger partial charge is 0.463 e. The normalized spacial score (nSPS) is 12.5. The molecule has 0 aromatic heterocycles. The molecule has 0 heterocycles. The van der Waals surface area contributed by atoms with E-state index < -0.39 is 18.4 Å². The van der Waals surface area contributed by atoms with E-state index in [2.05, 4.69) is 25.4 Å². The number of alkyl carbamates (subject to hydrolysis) is 2. The Labute approximate surface area is 842 Å². The Bertz CT molecular complexity index is 2430. The number of nitrogens with one attached hydrogen (secondary N) is 3. The molecule has 11 N–H and O–H groups in total. The van der Waals surface area contributed by atoms with Crippen LogP contribution in [-0.4, -0.2) is 415 Å². The van der Waals surface area contributed by atoms with Crippen LogP contribution in [0.3, 0.4) is 0 Å². The van der Waals surface area contributed by atoms with Crippen molar-refractivity contribution in [3.05, 3.63) is 0 Å². The number of likely N-dealkylation sites (N-methyl/N-ethyl adjacent to an activating group) is 1. The van der Waals surface area contributed by atoms with Gasteiger partial charge in [0.25, 0.3) is 0 Å². The molecule has 8 unspecified atom stereocenters. The number of hydrogen-bond donors (Lipinski definition) is 11. The molecule has 0 aliphatic rings. The Morgan fingerprint density at radius 2 is 0.764 bits per heavy atom. The fourth-order valence-corrected chi connectivity index (χ4v) is 12.6. The van der Waals surface area contributed by atoms with Crippen LogP contribution >= 0.6 is 0 Å². The van der Waals surface area contributed by atoms with Gasteiger partial charge < -0.3 is 156 Å². The summed E-state index contributed by atoms with van der Waals surface area (Å²) < 4.78 is 105. The smallest absolute Gasteiger partial charge is 0.407 e. The average Bonchev–Trinajstić information content (AvgIpc) is 0.862. The zero-order chi connectivity index (χ0) is 107. The standard InChI is InChI=1S/C22H44O6.C17H32N2O7.C16H32O4.C11H24O5.C10H22O6.C8H16O3.C6H13NO3.C5H12O2.C4H10O2/c1-2-6-22(27)28-21(12-11-20(14-18-26)9-5-16-24)10-3-7-19(13-17-25)8-4-15-23;1-4-18-16(21)14(19-17(22)26-13-11-24-3)8-6-5-7-9-15(20)25-12-10-23-2;1-2-6-15(20)7-11-16(8-3-12-17,9-4-13-18)10-5-14-19;1-5-16-11(7-13-3)9-15-8-10(14-4)6-12-2;1-5-15-16-10(13-4)8-14-7-9(12-3)6-11-2;1-3-4-8(9)7-11-6-5-10-2;1-3-7-6(8)10-5-4-9-2;1-3-7-5-4-6-2;1-2-6-4-3-5/h19-21,23-26H,2-18H2,1H3;14H,4-13H2,1-3H3,(H,18,21)(H,19,22);17-19H,2-14H2,1H3;10-11H,5-9H2,1-4H3;9-10H,5-8H2,1-4H3;3-7H2,1-2H3;3-5H2,1-2H3,(H,7,8);3-5H2,1-2H3;5H,2-4H2,1H3. The molecule has 41 heteroatoms. The summed E-state index contributed by atoms with van der Waals surface area (Å²) in [6, 6.07) is -0.668. The van der Waals surface area contributed by atoms with Crippen LogP contribution in [0.15, 0.2) is 0 Å². The predicted molar refractivity (Wildman–Crippen MR) is 535 cm³/mol. The second kappa shape index (κ2) is 130. The first kappa shape index (κ1) is 153. The van der Waals surface area contributed by atoms with Crippen LogP contribution in [0.4, 0.5) is 9.59 Å². The molecule has 844 valence electrons. The fourth-order valence-electron chi connectivity index (χ4n) is 12.6. The van der Waals surface area contributed by atoms with Gasteiger partial charge in [-0.1, -0.05) is 40.0 Å². The molecule has 0 fully saturated rings. The van der Waals surface area contributed by atoms with Crippen LogP contribution in [-0.2, 0) is 133 Å². The highest BCUT2D eigenvalue weighted by Crippen LogP contribution is 2.40. The van der Waals surface area contributed by atoms with E-state index in [9.17, 15) is 43.8 Å². The molecule has 0 radical (unpaired) electrons. The third kappa shape index (κ3) is 122. The van der Waals surface area contributed by atoms with E-state index in [1.165, 1.54) is 14.2 Å². The molecule has 3 amide bonds. The van der Waals surface area contributed by atoms with Crippen molar-refractivity contribution in [3.63, 3.8) is 0 Å². The Kier molecular flexibility index (Phi) is 142. The SMILES string of the molecule is CCCC(=O)CCC(CCCO)(CCCO)CCCO.CCCC(=O)COCCOC.CCCC(=O)OC(CCCC(CCO)CCCO)CCC(CCO)CCCO.CCNC(=O)C(CCCCCC(=O)OCCOC)NC(=O)OCCOC.CCNC(=O)OCCOC.CCOC(COC)COCC(COC)OC.CCOCCO.CCOCCOC.CCOOC(COCC(COC)OC)OC. The van der Waals surface area contributed by atoms with Crippen molar-refractivity contribution in [2.45, 2.75) is 292 Å². The zero-order valence-corrected chi connectivity index (χ0v) is 90.5. The fraction of sp³-hybridized carbons (Fsp3) is 0.929. The lowest BCUT2D eigenvalue weighted by Gasteiger charge is -2.34. The highest BCUT2D eigenvalue weighted by molar-refractivity contribution is 5.85. The molecular weight excluding hydrogens is 1840 g/mol. The van der Waals surface area contributed by atoms with Gasteiger partial charge in [0, 0.05) is 189 Å². The van der Waals surface area contributed by atoms with E-state index in [0.29, 0.717) is 201 Å². The second-order valence-electron chi connectivity index (χ2n) is 31.7. The Hall–Kier alpha value is -4.79. The minimum Gasteiger partial charge on any atom is -0.463 e. The number of ketones is 2. The van der Waals surface area contributed by atoms with E-state index in [1.54, 1.807) is 70.9 Å². The highest BCUT2D eigenvalue weighted by Gasteiger charge is 2.30. The van der Waals surface area contributed by atoms with Crippen LogP contribution in [0.2, 0.25) is 0 Å². The van der Waals surface area contributed by atoms with Crippen LogP contribution in [0.1, 0.15) is 255 Å². The minimum absolute atomic E-state index is 0.0163. The van der Waals surface area contributed by atoms with Crippen molar-refractivity contribution in [2.75, 3.05) is 296 Å². The molecule has 0 spiro atoms. The van der Waals surface area contributed by atoms with E-state index >= 15 is 0 Å². The Morgan fingerprint density at radius 3 is 1.21 bits per heavy atom. The maximum Gasteiger partial charge on any atom is 0.407 e. The first-order chi connectivity index (χ1) is 67.8. The van der Waals surface area contributed by atoms with Crippen LogP contribution in [0.5, 0.6) is 0 Å². The van der Waals surface area contributed by atoms with Crippen LogP contribution in [0.25, 0.3) is 0 Å². The lowest BCUT2D eigenvalue weighted by Crippen LogP contribution is -2.47. The molecule has 0 rings (SSSR count). The molecule has 0 saturated heterocycles. The number of hydrogen-bond acceptors (Lipinski definition) is 38. The van der Waals surface area contributed by atoms with Gasteiger partial charge in [0.1, 0.15) is 69.3 Å². The number of aliphatic hydroxyl groups is 8. The summed E-state index contributed by atoms with van der Waals surface area (Å²) in [5.74, 6) is 0.552. The van der Waals surface area contributed by atoms with E-state index in [0.717, 1.165) is 148 Å². The third-order valence-electron chi connectivity index (χ3n) is 19.9. The number of aliphatic hydroxyl groups excluding tert-OH is 8. The topological polar surface area (TPSA) is 530 Å². The number of carbonyl (C=O) groups excluding carboxylic acids is 7. The van der Waals surface area contributed by atoms with Gasteiger partial charge in [-0.3, -0.25) is 24.0 Å². The van der Waals surface area contributed by atoms with Gasteiger partial charge >= 0.3 is 24.1 Å². The number of Topliss-reactive ketones (excluding diaryl/α,β-unsaturated/α-hetero) is 2. The zero-order valence-electron chi connectivity index (χ0n) is 90.5. The molecule has 140 heavy (non-hydrogen) atoms. The summed E-state index contributed by atoms with van der Waals surface area (Å²) in [5, 5.41) is 79.6. The van der Waals surface area contributed by atoms with Crippen molar-refractivity contribution >= 4 is 41.6 Å². The highest BCUT2D eigenvalue weighted by atomic mass is 17.2. The van der Waals surface area contributed by atoms with Crippen LogP contribution in [0, 0.1) is 17.3 Å². The molecule has 0 aromatic rings. The van der Waals surface area contributed by atoms with E-state index in [4.69, 9.17) is 130 Å². The van der Waals surface area contributed by atoms with Gasteiger partial charge in [-0.05, 0) is 200 Å². The summed E-state index contributed by atoms with van der Waals surface area (Å²) in [7, 11) is 17.6. The second-order valence-corrected chi connectivity index (χ2v) is 31.7. The lowest BCUT2D eigenvalue weighted by atomic mass is 9.71.